The number of hydrogen-bond acceptors (Lipinski definition) is 10. The minimum absolute atomic E-state index is 0.0570. The maximum atomic E-state index is 13.8. The van der Waals surface area contributed by atoms with Crippen LogP contribution in [0.3, 0.4) is 0 Å². The van der Waals surface area contributed by atoms with E-state index in [1.54, 1.807) is 36.7 Å². The van der Waals surface area contributed by atoms with Crippen LogP contribution in [0, 0.1) is 11.8 Å². The highest BCUT2D eigenvalue weighted by Crippen LogP contribution is 2.39. The Labute approximate surface area is 313 Å². The molecule has 0 spiro atoms. The van der Waals surface area contributed by atoms with E-state index in [-0.39, 0.29) is 45.5 Å². The fourth-order valence-electron chi connectivity index (χ4n) is 6.50. The Morgan fingerprint density at radius 2 is 1.77 bits per heavy atom. The van der Waals surface area contributed by atoms with E-state index in [1.165, 1.54) is 46.8 Å². The fourth-order valence-corrected chi connectivity index (χ4v) is 7.90. The average Bonchev–Trinajstić information content (AvgIpc) is 3.86. The number of benzene rings is 1. The minimum Gasteiger partial charge on any atom is -0.489 e. The Bertz CT molecular complexity index is 1860. The largest absolute Gasteiger partial charge is 0.489 e. The molecule has 3 aromatic heterocycles. The van der Waals surface area contributed by atoms with Gasteiger partial charge in [0.2, 0.25) is 0 Å². The predicted molar refractivity (Wildman–Crippen MR) is 192 cm³/mol. The second-order valence-corrected chi connectivity index (χ2v) is 15.1. The number of anilines is 1. The molecular formula is C37H36Cl2F2N4O6S. The van der Waals surface area contributed by atoms with E-state index in [2.05, 4.69) is 14.9 Å². The molecule has 8 rings (SSSR count). The van der Waals surface area contributed by atoms with Crippen molar-refractivity contribution in [1.82, 2.24) is 14.9 Å². The molecule has 2 atom stereocenters. The number of rotatable bonds is 14. The molecule has 4 fully saturated rings. The zero-order valence-electron chi connectivity index (χ0n) is 28.0. The first-order valence-electron chi connectivity index (χ1n) is 17.1. The van der Waals surface area contributed by atoms with Crippen LogP contribution in [-0.2, 0) is 22.4 Å². The zero-order valence-corrected chi connectivity index (χ0v) is 30.3. The summed E-state index contributed by atoms with van der Waals surface area (Å²) in [6.45, 7) is 0.201. The molecule has 1 aromatic carbocycles. The number of amides is 1. The highest BCUT2D eigenvalue weighted by Gasteiger charge is 2.37. The van der Waals surface area contributed by atoms with Gasteiger partial charge in [-0.15, -0.1) is 11.3 Å². The average molecular weight is 774 g/mol. The van der Waals surface area contributed by atoms with Crippen LogP contribution in [0.1, 0.15) is 57.5 Å². The van der Waals surface area contributed by atoms with E-state index in [0.29, 0.717) is 40.1 Å². The molecule has 4 aromatic rings. The first-order chi connectivity index (χ1) is 25.2. The van der Waals surface area contributed by atoms with Crippen molar-refractivity contribution < 1.29 is 37.3 Å². The third kappa shape index (κ3) is 8.94. The SMILES string of the molecule is O=C(O[C@@H](Cc1c(Cl)cncc1Cl)c1ccc(OC(F)F)c(OCC2CC2)c1)c1ccc(CN(C(=O)O[C@H]2CN3CCC2CC3)c2cccnc2)s1. The van der Waals surface area contributed by atoms with Gasteiger partial charge < -0.3 is 18.9 Å². The highest BCUT2D eigenvalue weighted by atomic mass is 35.5. The molecule has 0 unspecified atom stereocenters. The van der Waals surface area contributed by atoms with Gasteiger partial charge in [-0.05, 0) is 98.1 Å². The van der Waals surface area contributed by atoms with Gasteiger partial charge in [0.15, 0.2) is 11.5 Å². The number of ether oxygens (including phenoxy) is 4. The van der Waals surface area contributed by atoms with Crippen molar-refractivity contribution in [2.45, 2.75) is 57.5 Å². The number of pyridine rings is 2. The van der Waals surface area contributed by atoms with Crippen molar-refractivity contribution in [2.24, 2.45) is 11.8 Å². The number of carbonyl (C=O) groups is 2. The van der Waals surface area contributed by atoms with Gasteiger partial charge in [-0.1, -0.05) is 29.3 Å². The van der Waals surface area contributed by atoms with E-state index >= 15 is 0 Å². The smallest absolute Gasteiger partial charge is 0.415 e. The van der Waals surface area contributed by atoms with E-state index in [4.69, 9.17) is 42.1 Å². The molecule has 274 valence electrons. The summed E-state index contributed by atoms with van der Waals surface area (Å²) in [5.74, 6) is 0.0231. The molecule has 15 heteroatoms. The fraction of sp³-hybridized carbons (Fsp3) is 0.405. The summed E-state index contributed by atoms with van der Waals surface area (Å²) in [5.41, 5.74) is 1.51. The topological polar surface area (TPSA) is 103 Å². The Hall–Kier alpha value is -4.04. The van der Waals surface area contributed by atoms with Gasteiger partial charge in [0.05, 0.1) is 35.1 Å². The summed E-state index contributed by atoms with van der Waals surface area (Å²) in [5, 5.41) is 0.547. The van der Waals surface area contributed by atoms with Crippen LogP contribution >= 0.6 is 34.5 Å². The van der Waals surface area contributed by atoms with Crippen molar-refractivity contribution in [1.29, 1.82) is 0 Å². The number of piperidine rings is 3. The number of carbonyl (C=O) groups excluding carboxylic acids is 2. The lowest BCUT2D eigenvalue weighted by atomic mass is 9.86. The number of alkyl halides is 2. The monoisotopic (exact) mass is 772 g/mol. The molecule has 1 aliphatic carbocycles. The molecule has 52 heavy (non-hydrogen) atoms. The maximum Gasteiger partial charge on any atom is 0.415 e. The van der Waals surface area contributed by atoms with Gasteiger partial charge in [0, 0.05) is 36.4 Å². The van der Waals surface area contributed by atoms with Crippen LogP contribution in [0.4, 0.5) is 19.3 Å². The van der Waals surface area contributed by atoms with Crippen LogP contribution in [-0.4, -0.2) is 65.9 Å². The molecule has 4 aliphatic rings. The molecule has 6 heterocycles. The first-order valence-corrected chi connectivity index (χ1v) is 18.7. The third-order valence-corrected chi connectivity index (χ3v) is 11.2. The number of halogens is 4. The number of aromatic nitrogens is 2. The molecule has 0 radical (unpaired) electrons. The zero-order chi connectivity index (χ0) is 36.2. The van der Waals surface area contributed by atoms with Crippen molar-refractivity contribution in [3.63, 3.8) is 0 Å². The molecule has 3 aliphatic heterocycles. The Balaban J connectivity index is 1.11. The summed E-state index contributed by atoms with van der Waals surface area (Å²) < 4.78 is 49.3. The molecule has 0 N–H and O–H groups in total. The maximum absolute atomic E-state index is 13.8. The summed E-state index contributed by atoms with van der Waals surface area (Å²) in [4.78, 5) is 40.5. The third-order valence-electron chi connectivity index (χ3n) is 9.52. The standard InChI is InChI=1S/C37H36Cl2F2N4O6S/c38-28-17-43-18-29(39)27(28)15-31(24-5-7-30(50-36(40)41)32(14-24)48-21-22-3-4-22)49-35(46)34-8-6-26(52-34)19-45(25-2-1-11-42-16-25)37(47)51-33-20-44-12-9-23(33)10-13-44/h1-2,5-8,11,14,16-18,22-23,31,33,36H,3-4,9-10,12-13,15,19-21H2/t31-,33-/m0/s1. The molecule has 3 saturated heterocycles. The summed E-state index contributed by atoms with van der Waals surface area (Å²) in [6.07, 6.45) is 8.54. The van der Waals surface area contributed by atoms with Crippen molar-refractivity contribution in [3.8, 4) is 11.5 Å². The van der Waals surface area contributed by atoms with E-state index in [0.717, 1.165) is 45.3 Å². The van der Waals surface area contributed by atoms with Crippen LogP contribution in [0.25, 0.3) is 0 Å². The van der Waals surface area contributed by atoms with E-state index in [1.807, 2.05) is 0 Å². The molecular weight excluding hydrogens is 737 g/mol. The lowest BCUT2D eigenvalue weighted by Gasteiger charge is -2.44. The van der Waals surface area contributed by atoms with Crippen LogP contribution in [0.15, 0.2) is 67.3 Å². The van der Waals surface area contributed by atoms with Crippen LogP contribution in [0.2, 0.25) is 10.0 Å². The number of thiophene rings is 1. The number of hydrogen-bond donors (Lipinski definition) is 0. The van der Waals surface area contributed by atoms with Gasteiger partial charge in [-0.2, -0.15) is 8.78 Å². The van der Waals surface area contributed by atoms with Crippen LogP contribution < -0.4 is 14.4 Å². The Morgan fingerprint density at radius 1 is 0.981 bits per heavy atom. The van der Waals surface area contributed by atoms with Crippen molar-refractivity contribution in [3.05, 3.63) is 98.2 Å². The quantitative estimate of drug-likeness (QED) is 0.117. The van der Waals surface area contributed by atoms with E-state index < -0.39 is 24.8 Å². The van der Waals surface area contributed by atoms with Crippen molar-refractivity contribution >= 4 is 52.3 Å². The van der Waals surface area contributed by atoms with Crippen molar-refractivity contribution in [2.75, 3.05) is 31.1 Å². The number of nitrogens with zero attached hydrogens (tertiary/aromatic N) is 4. The van der Waals surface area contributed by atoms with Gasteiger partial charge in [0.25, 0.3) is 0 Å². The molecule has 1 amide bonds. The van der Waals surface area contributed by atoms with Crippen LogP contribution in [0.5, 0.6) is 11.5 Å². The van der Waals surface area contributed by atoms with Gasteiger partial charge in [-0.25, -0.2) is 9.59 Å². The predicted octanol–water partition coefficient (Wildman–Crippen LogP) is 8.61. The Morgan fingerprint density at radius 3 is 2.44 bits per heavy atom. The highest BCUT2D eigenvalue weighted by molar-refractivity contribution is 7.14. The van der Waals surface area contributed by atoms with E-state index in [9.17, 15) is 18.4 Å². The van der Waals surface area contributed by atoms with Gasteiger partial charge in [0.1, 0.15) is 17.1 Å². The second-order valence-electron chi connectivity index (χ2n) is 13.1. The minimum atomic E-state index is -3.05. The molecule has 2 bridgehead atoms. The lowest BCUT2D eigenvalue weighted by molar-refractivity contribution is -0.0515. The molecule has 10 nitrogen and oxygen atoms in total. The molecule has 1 saturated carbocycles. The van der Waals surface area contributed by atoms with Gasteiger partial charge in [-0.3, -0.25) is 19.8 Å². The summed E-state index contributed by atoms with van der Waals surface area (Å²) >= 11 is 14.1. The second kappa shape index (κ2) is 16.3. The van der Waals surface area contributed by atoms with Gasteiger partial charge >= 0.3 is 18.7 Å². The normalized spacial score (nSPS) is 20.0. The Kier molecular flexibility index (Phi) is 11.4. The first kappa shape index (κ1) is 36.3. The summed E-state index contributed by atoms with van der Waals surface area (Å²) in [7, 11) is 0. The number of fused-ring (bicyclic) bond motifs is 3. The number of esters is 1. The summed E-state index contributed by atoms with van der Waals surface area (Å²) in [6, 6.07) is 11.4. The lowest BCUT2D eigenvalue weighted by Crippen LogP contribution is -2.53.